The number of aromatic hydroxyl groups is 2. The van der Waals surface area contributed by atoms with Crippen molar-refractivity contribution < 1.29 is 19.7 Å². The van der Waals surface area contributed by atoms with Crippen LogP contribution in [-0.2, 0) is 4.74 Å². The Morgan fingerprint density at radius 3 is 2.38 bits per heavy atom. The van der Waals surface area contributed by atoms with Crippen LogP contribution in [0.5, 0.6) is 11.5 Å². The number of methoxy groups -OCH3 is 1. The van der Waals surface area contributed by atoms with Gasteiger partial charge in [-0.05, 0) is 17.7 Å². The molecular formula is C19H15NO4. The third-order valence-electron chi connectivity index (χ3n) is 3.66. The van der Waals surface area contributed by atoms with E-state index in [1.165, 1.54) is 13.2 Å². The number of fused-ring (bicyclic) bond motifs is 1. The Morgan fingerprint density at radius 2 is 1.71 bits per heavy atom. The smallest absolute Gasteiger partial charge is 0.337 e. The van der Waals surface area contributed by atoms with Crippen molar-refractivity contribution in [2.45, 2.75) is 0 Å². The zero-order valence-corrected chi connectivity index (χ0v) is 12.9. The SMILES string of the molecule is COC(=O)c1ccc(C=Nc2cc(O)c3ccccc3c2O)cc1. The number of rotatable bonds is 3. The van der Waals surface area contributed by atoms with Gasteiger partial charge in [0.1, 0.15) is 17.2 Å². The van der Waals surface area contributed by atoms with Crippen molar-refractivity contribution in [3.05, 3.63) is 65.7 Å². The molecule has 0 aliphatic rings. The zero-order valence-electron chi connectivity index (χ0n) is 12.9. The standard InChI is InChI=1S/C19H15NO4/c1-24-19(23)13-8-6-12(7-9-13)11-20-16-10-17(21)14-4-2-3-5-15(14)18(16)22/h2-11,21-22H,1H3. The molecule has 0 saturated carbocycles. The van der Waals surface area contributed by atoms with E-state index in [2.05, 4.69) is 9.73 Å². The highest BCUT2D eigenvalue weighted by Gasteiger charge is 2.09. The van der Waals surface area contributed by atoms with Gasteiger partial charge in [0.05, 0.1) is 12.7 Å². The van der Waals surface area contributed by atoms with E-state index < -0.39 is 5.97 Å². The topological polar surface area (TPSA) is 79.1 Å². The van der Waals surface area contributed by atoms with E-state index in [1.807, 2.05) is 0 Å². The van der Waals surface area contributed by atoms with Crippen LogP contribution in [-0.4, -0.2) is 29.5 Å². The number of benzene rings is 3. The second-order valence-electron chi connectivity index (χ2n) is 5.18. The van der Waals surface area contributed by atoms with Gasteiger partial charge >= 0.3 is 5.97 Å². The molecule has 5 nitrogen and oxygen atoms in total. The molecule has 3 rings (SSSR count). The minimum absolute atomic E-state index is 0.00540. The molecule has 0 atom stereocenters. The lowest BCUT2D eigenvalue weighted by molar-refractivity contribution is 0.0600. The van der Waals surface area contributed by atoms with E-state index in [0.717, 1.165) is 5.56 Å². The molecule has 120 valence electrons. The first-order valence-electron chi connectivity index (χ1n) is 7.26. The summed E-state index contributed by atoms with van der Waals surface area (Å²) in [7, 11) is 1.33. The van der Waals surface area contributed by atoms with Crippen LogP contribution in [0.4, 0.5) is 5.69 Å². The summed E-state index contributed by atoms with van der Waals surface area (Å²) in [5, 5.41) is 21.5. The van der Waals surface area contributed by atoms with Gasteiger partial charge in [-0.3, -0.25) is 4.99 Å². The number of nitrogens with zero attached hydrogens (tertiary/aromatic N) is 1. The van der Waals surface area contributed by atoms with E-state index in [9.17, 15) is 15.0 Å². The summed E-state index contributed by atoms with van der Waals surface area (Å²) in [6.45, 7) is 0. The first-order valence-corrected chi connectivity index (χ1v) is 7.26. The average molecular weight is 321 g/mol. The molecule has 2 N–H and O–H groups in total. The van der Waals surface area contributed by atoms with Gasteiger partial charge in [0.25, 0.3) is 0 Å². The van der Waals surface area contributed by atoms with Crippen molar-refractivity contribution in [1.82, 2.24) is 0 Å². The van der Waals surface area contributed by atoms with Gasteiger partial charge in [0, 0.05) is 23.1 Å². The number of phenols is 2. The molecule has 0 aromatic heterocycles. The molecule has 5 heteroatoms. The molecule has 0 saturated heterocycles. The van der Waals surface area contributed by atoms with Gasteiger partial charge in [-0.2, -0.15) is 0 Å². The summed E-state index contributed by atoms with van der Waals surface area (Å²) in [4.78, 5) is 15.6. The van der Waals surface area contributed by atoms with Crippen LogP contribution in [0.25, 0.3) is 10.8 Å². The van der Waals surface area contributed by atoms with E-state index in [-0.39, 0.29) is 17.2 Å². The Kier molecular flexibility index (Phi) is 4.16. The Balaban J connectivity index is 1.93. The van der Waals surface area contributed by atoms with Crippen LogP contribution in [0.15, 0.2) is 59.6 Å². The van der Waals surface area contributed by atoms with Crippen LogP contribution in [0, 0.1) is 0 Å². The minimum Gasteiger partial charge on any atom is -0.507 e. The molecule has 3 aromatic rings. The maximum Gasteiger partial charge on any atom is 0.337 e. The number of phenolic OH excluding ortho intramolecular Hbond substituents is 2. The van der Waals surface area contributed by atoms with Gasteiger partial charge in [-0.15, -0.1) is 0 Å². The van der Waals surface area contributed by atoms with Crippen molar-refractivity contribution in [3.63, 3.8) is 0 Å². The first kappa shape index (κ1) is 15.6. The molecule has 0 spiro atoms. The molecule has 0 fully saturated rings. The summed E-state index contributed by atoms with van der Waals surface area (Å²) < 4.78 is 4.64. The monoisotopic (exact) mass is 321 g/mol. The predicted molar refractivity (Wildman–Crippen MR) is 92.3 cm³/mol. The minimum atomic E-state index is -0.407. The summed E-state index contributed by atoms with van der Waals surface area (Å²) in [5.41, 5.74) is 1.46. The number of carbonyl (C=O) groups is 1. The van der Waals surface area contributed by atoms with Crippen molar-refractivity contribution in [1.29, 1.82) is 0 Å². The summed E-state index contributed by atoms with van der Waals surface area (Å²) in [6.07, 6.45) is 1.55. The fraction of sp³-hybridized carbons (Fsp3) is 0.0526. The maximum atomic E-state index is 11.4. The number of esters is 1. The molecule has 0 aliphatic carbocycles. The highest BCUT2D eigenvalue weighted by Crippen LogP contribution is 2.39. The zero-order chi connectivity index (χ0) is 17.1. The van der Waals surface area contributed by atoms with Crippen molar-refractivity contribution >= 4 is 28.6 Å². The fourth-order valence-corrected chi connectivity index (χ4v) is 2.39. The molecule has 0 radical (unpaired) electrons. The van der Waals surface area contributed by atoms with E-state index in [0.29, 0.717) is 16.3 Å². The third kappa shape index (κ3) is 2.92. The van der Waals surface area contributed by atoms with Gasteiger partial charge < -0.3 is 14.9 Å². The van der Waals surface area contributed by atoms with Crippen LogP contribution in [0.1, 0.15) is 15.9 Å². The van der Waals surface area contributed by atoms with Crippen LogP contribution >= 0.6 is 0 Å². The Bertz CT molecular complexity index is 930. The average Bonchev–Trinajstić information content (AvgIpc) is 2.63. The number of ether oxygens (including phenoxy) is 1. The van der Waals surface area contributed by atoms with Crippen LogP contribution < -0.4 is 0 Å². The van der Waals surface area contributed by atoms with Crippen molar-refractivity contribution in [2.75, 3.05) is 7.11 Å². The number of hydrogen-bond donors (Lipinski definition) is 2. The predicted octanol–water partition coefficient (Wildman–Crippen LogP) is 3.79. The molecule has 0 bridgehead atoms. The normalized spacial score (nSPS) is 11.0. The maximum absolute atomic E-state index is 11.4. The quantitative estimate of drug-likeness (QED) is 0.437. The second kappa shape index (κ2) is 6.42. The highest BCUT2D eigenvalue weighted by molar-refractivity contribution is 5.98. The van der Waals surface area contributed by atoms with Gasteiger partial charge in [-0.1, -0.05) is 36.4 Å². The number of hydrogen-bond acceptors (Lipinski definition) is 5. The Labute approximate surface area is 138 Å². The molecular weight excluding hydrogens is 306 g/mol. The fourth-order valence-electron chi connectivity index (χ4n) is 2.39. The lowest BCUT2D eigenvalue weighted by Crippen LogP contribution is -2.00. The van der Waals surface area contributed by atoms with Crippen molar-refractivity contribution in [3.8, 4) is 11.5 Å². The summed E-state index contributed by atoms with van der Waals surface area (Å²) in [6, 6.07) is 15.1. The second-order valence-corrected chi connectivity index (χ2v) is 5.18. The lowest BCUT2D eigenvalue weighted by Gasteiger charge is -2.06. The summed E-state index contributed by atoms with van der Waals surface area (Å²) in [5.74, 6) is -0.349. The molecule has 3 aromatic carbocycles. The van der Waals surface area contributed by atoms with Crippen LogP contribution in [0.2, 0.25) is 0 Å². The first-order chi connectivity index (χ1) is 11.6. The van der Waals surface area contributed by atoms with Gasteiger partial charge in [-0.25, -0.2) is 4.79 Å². The van der Waals surface area contributed by atoms with Crippen LogP contribution in [0.3, 0.4) is 0 Å². The molecule has 0 heterocycles. The highest BCUT2D eigenvalue weighted by atomic mass is 16.5. The third-order valence-corrected chi connectivity index (χ3v) is 3.66. The summed E-state index contributed by atoms with van der Waals surface area (Å²) >= 11 is 0. The van der Waals surface area contributed by atoms with E-state index in [4.69, 9.17) is 0 Å². The molecule has 0 unspecified atom stereocenters. The number of aliphatic imine (C=N–C) groups is 1. The van der Waals surface area contributed by atoms with Gasteiger partial charge in [0.2, 0.25) is 0 Å². The lowest BCUT2D eigenvalue weighted by atomic mass is 10.1. The molecule has 0 amide bonds. The van der Waals surface area contributed by atoms with E-state index in [1.54, 1.807) is 54.7 Å². The Hall–Kier alpha value is -3.34. The molecule has 24 heavy (non-hydrogen) atoms. The molecule has 0 aliphatic heterocycles. The van der Waals surface area contributed by atoms with E-state index >= 15 is 0 Å². The number of carbonyl (C=O) groups excluding carboxylic acids is 1. The van der Waals surface area contributed by atoms with Gasteiger partial charge in [0.15, 0.2) is 0 Å². The van der Waals surface area contributed by atoms with Crippen molar-refractivity contribution in [2.24, 2.45) is 4.99 Å². The Morgan fingerprint density at radius 1 is 1.04 bits per heavy atom. The largest absolute Gasteiger partial charge is 0.507 e.